The van der Waals surface area contributed by atoms with Crippen molar-refractivity contribution >= 4 is 181 Å². The van der Waals surface area contributed by atoms with Crippen molar-refractivity contribution in [1.29, 1.82) is 0 Å². The zero-order chi connectivity index (χ0) is 90.3. The van der Waals surface area contributed by atoms with Crippen LogP contribution >= 0.6 is 44.6 Å². The Morgan fingerprint density at radius 3 is 0.904 bits per heavy atom. The lowest BCUT2D eigenvalue weighted by molar-refractivity contribution is 0.0694. The van der Waals surface area contributed by atoms with Gasteiger partial charge in [-0.05, 0) is 160 Å². The average molecular weight is 1750 g/mol. The van der Waals surface area contributed by atoms with E-state index in [1.165, 1.54) is 0 Å². The lowest BCUT2D eigenvalue weighted by Gasteiger charge is -2.20. The van der Waals surface area contributed by atoms with Gasteiger partial charge in [0.05, 0.1) is 22.4 Å². The first kappa shape index (κ1) is 91.9. The average Bonchev–Trinajstić information content (AvgIpc) is 0.770. The smallest absolute Gasteiger partial charge is 0.335 e. The Bertz CT molecular complexity index is 6390. The van der Waals surface area contributed by atoms with Crippen molar-refractivity contribution in [3.8, 4) is 0 Å². The molecule has 0 atom stereocenters. The molecular weight excluding hydrogens is 1680 g/mol. The molecule has 13 aromatic rings. The summed E-state index contributed by atoms with van der Waals surface area (Å²) in [5.41, 5.74) is 26.1. The van der Waals surface area contributed by atoms with Gasteiger partial charge in [-0.1, -0.05) is 245 Å². The Hall–Kier alpha value is -15.4. The standard InChI is InChI=1S/2C23H15NO3.2C14H9NO2.2C9H7ClO.C9H8O2.Cl2OS/c1-2-14-10-12-15(13-11-14)23(27)24-19-9-5-8-18-20(19)22(26)17-7-4-3-6-16(17)21(18)25;1-2-14-7-9-15(10-8-14)23(27)24-16-11-12-19-20(13-16)22(26)18-6-4-3-5-17(18)21(19)25;15-11-7-3-6-10-12(11)14(17)9-5-2-1-4-8(9)13(10)16;15-8-5-6-11-12(7-8)14(17)10-4-2-1-3-9(10)13(11)16;3*1-2-7-3-5-8(6-4-7)9(10)11;1-4(2)3/h2*2-13H,1H2,(H,24,27);2*1-7H,15H2;2*2-6H,1H2;2-6H,1H2,(H,10,11);. The van der Waals surface area contributed by atoms with Gasteiger partial charge in [-0.2, -0.15) is 0 Å². The molecule has 0 heterocycles. The Morgan fingerprint density at radius 2 is 0.560 bits per heavy atom. The van der Waals surface area contributed by atoms with E-state index in [4.69, 9.17) is 44.0 Å². The second-order valence-corrected chi connectivity index (χ2v) is 30.2. The van der Waals surface area contributed by atoms with Crippen LogP contribution in [0.5, 0.6) is 0 Å². The molecule has 7 N–H and O–H groups in total. The van der Waals surface area contributed by atoms with Crippen LogP contribution in [-0.2, 0) is 9.23 Å². The molecule has 24 heteroatoms. The third-order valence-corrected chi connectivity index (χ3v) is 19.7. The molecule has 0 radical (unpaired) electrons. The number of carboxylic acid groups (broad SMARTS) is 1. The number of ketones is 8. The van der Waals surface area contributed by atoms with Gasteiger partial charge in [0.15, 0.2) is 46.3 Å². The molecule has 2 amide bonds. The van der Waals surface area contributed by atoms with E-state index < -0.39 is 25.7 Å². The molecule has 4 aliphatic rings. The predicted octanol–water partition coefficient (Wildman–Crippen LogP) is 21.3. The van der Waals surface area contributed by atoms with Crippen LogP contribution in [0.1, 0.15) is 207 Å². The number of fused-ring (bicyclic) bond motifs is 8. The largest absolute Gasteiger partial charge is 0.478 e. The predicted molar refractivity (Wildman–Crippen MR) is 494 cm³/mol. The summed E-state index contributed by atoms with van der Waals surface area (Å²) in [6, 6.07) is 81.0. The van der Waals surface area contributed by atoms with Gasteiger partial charge in [0.25, 0.3) is 22.3 Å². The molecule has 125 heavy (non-hydrogen) atoms. The van der Waals surface area contributed by atoms with Crippen LogP contribution in [0.3, 0.4) is 0 Å². The zero-order valence-electron chi connectivity index (χ0n) is 65.9. The molecule has 0 bridgehead atoms. The number of carboxylic acids is 1. The summed E-state index contributed by atoms with van der Waals surface area (Å²) >= 11 is 10.5. The van der Waals surface area contributed by atoms with E-state index in [0.717, 1.165) is 27.8 Å². The third-order valence-electron chi connectivity index (χ3n) is 19.3. The van der Waals surface area contributed by atoms with Gasteiger partial charge in [-0.25, -0.2) is 9.00 Å². The van der Waals surface area contributed by atoms with Crippen molar-refractivity contribution in [3.63, 3.8) is 0 Å². The molecule has 0 saturated carbocycles. The maximum atomic E-state index is 13.0. The van der Waals surface area contributed by atoms with Crippen LogP contribution in [-0.4, -0.2) is 83.8 Å². The van der Waals surface area contributed by atoms with Crippen molar-refractivity contribution in [2.75, 3.05) is 22.1 Å². The van der Waals surface area contributed by atoms with E-state index in [1.54, 1.807) is 322 Å². The highest BCUT2D eigenvalue weighted by Gasteiger charge is 2.35. The van der Waals surface area contributed by atoms with Gasteiger partial charge >= 0.3 is 5.97 Å². The number of carbonyl (C=O) groups is 13. The summed E-state index contributed by atoms with van der Waals surface area (Å²) in [5.74, 6) is -2.98. The van der Waals surface area contributed by atoms with Crippen LogP contribution in [0, 0.1) is 0 Å². The fraction of sp³-hybridized carbons (Fsp3) is 0. The highest BCUT2D eigenvalue weighted by atomic mass is 36.0. The first-order valence-electron chi connectivity index (χ1n) is 37.4. The van der Waals surface area contributed by atoms with Crippen molar-refractivity contribution in [2.24, 2.45) is 0 Å². The van der Waals surface area contributed by atoms with Crippen molar-refractivity contribution in [1.82, 2.24) is 0 Å². The molecule has 17 rings (SSSR count). The molecule has 4 aliphatic carbocycles. The highest BCUT2D eigenvalue weighted by Crippen LogP contribution is 2.35. The van der Waals surface area contributed by atoms with E-state index in [9.17, 15) is 62.3 Å². The van der Waals surface area contributed by atoms with Gasteiger partial charge in [0.2, 0.25) is 9.23 Å². The molecule has 0 aromatic heterocycles. The quantitative estimate of drug-likeness (QED) is 0.0560. The molecule has 0 fully saturated rings. The maximum absolute atomic E-state index is 13.0. The number of halogens is 4. The highest BCUT2D eigenvalue weighted by molar-refractivity contribution is 8.26. The second-order valence-electron chi connectivity index (χ2n) is 27.0. The number of nitrogens with one attached hydrogen (secondary N) is 2. The molecule has 0 spiro atoms. The number of hydrogen-bond acceptors (Lipinski definition) is 16. The minimum absolute atomic E-state index is 0.116. The van der Waals surface area contributed by atoms with Gasteiger partial charge < -0.3 is 27.2 Å². The number of aromatic carboxylic acids is 1. The zero-order valence-corrected chi connectivity index (χ0v) is 69.7. The van der Waals surface area contributed by atoms with Crippen molar-refractivity contribution < 1.29 is 71.6 Å². The minimum atomic E-state index is -1.67. The molecule has 618 valence electrons. The van der Waals surface area contributed by atoms with E-state index in [0.29, 0.717) is 134 Å². The molecule has 0 saturated heterocycles. The molecule has 0 aliphatic heterocycles. The van der Waals surface area contributed by atoms with Crippen LogP contribution in [0.15, 0.2) is 324 Å². The Morgan fingerprint density at radius 1 is 0.296 bits per heavy atom. The second kappa shape index (κ2) is 42.7. The first-order valence-corrected chi connectivity index (χ1v) is 41.0. The van der Waals surface area contributed by atoms with E-state index >= 15 is 0 Å². The lowest BCUT2D eigenvalue weighted by atomic mass is 9.83. The van der Waals surface area contributed by atoms with E-state index in [2.05, 4.69) is 64.9 Å². The van der Waals surface area contributed by atoms with Gasteiger partial charge in [0.1, 0.15) is 0 Å². The van der Waals surface area contributed by atoms with Crippen LogP contribution in [0.4, 0.5) is 22.7 Å². The number of carbonyl (C=O) groups excluding carboxylic acids is 12. The molecule has 0 unspecified atom stereocenters. The van der Waals surface area contributed by atoms with Crippen molar-refractivity contribution in [3.05, 3.63) is 469 Å². The monoisotopic (exact) mass is 1750 g/mol. The van der Waals surface area contributed by atoms with Crippen LogP contribution in [0.25, 0.3) is 30.4 Å². The van der Waals surface area contributed by atoms with Gasteiger partial charge in [-0.15, -0.1) is 0 Å². The normalized spacial score (nSPS) is 11.5. The Kier molecular flexibility index (Phi) is 31.4. The van der Waals surface area contributed by atoms with Crippen LogP contribution in [0.2, 0.25) is 0 Å². The number of rotatable bonds is 12. The number of anilines is 4. The molecule has 19 nitrogen and oxygen atoms in total. The summed E-state index contributed by atoms with van der Waals surface area (Å²) in [6.45, 7) is 18.1. The van der Waals surface area contributed by atoms with E-state index in [1.807, 2.05) is 0 Å². The van der Waals surface area contributed by atoms with Crippen LogP contribution < -0.4 is 22.1 Å². The summed E-state index contributed by atoms with van der Waals surface area (Å²) in [5, 5.41) is 13.2. The summed E-state index contributed by atoms with van der Waals surface area (Å²) in [7, 11) is 7.36. The maximum Gasteiger partial charge on any atom is 0.335 e. The number of amides is 2. The minimum Gasteiger partial charge on any atom is -0.478 e. The molecule has 13 aromatic carbocycles. The number of hydrogen-bond donors (Lipinski definition) is 5. The number of nitrogens with two attached hydrogens (primary N) is 2. The number of benzene rings is 13. The SMILES string of the molecule is C=Cc1ccc(C(=O)Cl)cc1.C=Cc1ccc(C(=O)Cl)cc1.C=Cc1ccc(C(=O)Nc2ccc3c(c2)C(=O)c2ccccc2C3=O)cc1.C=Cc1ccc(C(=O)Nc2cccc3c2C(=O)c2ccccc2C3=O)cc1.C=Cc1ccc(C(=O)O)cc1.Nc1ccc2c(c1)C(=O)c1ccccc1C2=O.Nc1cccc2c1C(=O)c1ccccc1C2=O.O=S(Cl)Cl. The lowest BCUT2D eigenvalue weighted by Crippen LogP contribution is -2.23. The fourth-order valence-electron chi connectivity index (χ4n) is 12.9. The van der Waals surface area contributed by atoms with E-state index in [-0.39, 0.29) is 63.6 Å². The Balaban J connectivity index is 0.000000156. The molecular formula is C101H70Cl4N4O15S. The van der Waals surface area contributed by atoms with Gasteiger partial charge in [0, 0.05) is 139 Å². The summed E-state index contributed by atoms with van der Waals surface area (Å²) in [6.07, 6.45) is 8.49. The summed E-state index contributed by atoms with van der Waals surface area (Å²) < 4.78 is 9.09. The summed E-state index contributed by atoms with van der Waals surface area (Å²) in [4.78, 5) is 156. The Labute approximate surface area is 738 Å². The first-order chi connectivity index (χ1) is 60.0. The van der Waals surface area contributed by atoms with Crippen molar-refractivity contribution in [2.45, 2.75) is 0 Å². The van der Waals surface area contributed by atoms with Gasteiger partial charge in [-0.3, -0.25) is 57.5 Å². The number of nitrogen functional groups attached to an aromatic ring is 2. The fourth-order valence-corrected chi connectivity index (χ4v) is 13.2. The topological polar surface area (TPSA) is 335 Å². The third kappa shape index (κ3) is 22.4.